The number of hydrogen-bond donors (Lipinski definition) is 2. The molecule has 0 atom stereocenters. The minimum atomic E-state index is -0.281. The molecule has 3 aromatic carbocycles. The van der Waals surface area contributed by atoms with Crippen LogP contribution in [0.2, 0.25) is 0 Å². The van der Waals surface area contributed by atoms with Crippen LogP contribution in [-0.4, -0.2) is 11.8 Å². The number of amides is 2. The second-order valence-electron chi connectivity index (χ2n) is 10.7. The van der Waals surface area contributed by atoms with E-state index in [2.05, 4.69) is 90.3 Å². The summed E-state index contributed by atoms with van der Waals surface area (Å²) in [5, 5.41) is 6.32. The number of benzene rings is 3. The topological polar surface area (TPSA) is 58.2 Å². The number of carbonyl (C=O) groups is 2. The van der Waals surface area contributed by atoms with Crippen LogP contribution in [0.25, 0.3) is 0 Å². The number of para-hydroxylation sites is 2. The molecule has 4 heteroatoms. The Morgan fingerprint density at radius 1 is 0.472 bits per heavy atom. The highest BCUT2D eigenvalue weighted by molar-refractivity contribution is 6.16. The fraction of sp³-hybridized carbons (Fsp3) is 0.375. The molecule has 0 fully saturated rings. The van der Waals surface area contributed by atoms with Crippen LogP contribution in [0.4, 0.5) is 11.4 Å². The monoisotopic (exact) mass is 484 g/mol. The van der Waals surface area contributed by atoms with Crippen LogP contribution in [0.3, 0.4) is 0 Å². The van der Waals surface area contributed by atoms with Gasteiger partial charge in [0.1, 0.15) is 0 Å². The molecule has 2 amide bonds. The van der Waals surface area contributed by atoms with Gasteiger partial charge in [0.2, 0.25) is 0 Å². The summed E-state index contributed by atoms with van der Waals surface area (Å²) in [5.41, 5.74) is 6.75. The minimum Gasteiger partial charge on any atom is -0.321 e. The molecule has 0 aliphatic rings. The zero-order chi connectivity index (χ0) is 26.6. The lowest BCUT2D eigenvalue weighted by molar-refractivity contribution is 0.0990. The second-order valence-corrected chi connectivity index (χ2v) is 10.7. The first-order chi connectivity index (χ1) is 17.0. The van der Waals surface area contributed by atoms with Crippen molar-refractivity contribution in [2.45, 2.75) is 79.1 Å². The summed E-state index contributed by atoms with van der Waals surface area (Å²) in [6, 6.07) is 19.3. The van der Waals surface area contributed by atoms with Gasteiger partial charge in [0, 0.05) is 11.4 Å². The summed E-state index contributed by atoms with van der Waals surface area (Å²) in [6.07, 6.45) is 0. The summed E-state index contributed by atoms with van der Waals surface area (Å²) in [6.45, 7) is 17.0. The Balaban J connectivity index is 2.01. The Morgan fingerprint density at radius 3 is 1.00 bits per heavy atom. The van der Waals surface area contributed by atoms with Crippen LogP contribution in [0.5, 0.6) is 0 Å². The first-order valence-corrected chi connectivity index (χ1v) is 13.0. The average molecular weight is 485 g/mol. The Morgan fingerprint density at radius 2 is 0.750 bits per heavy atom. The van der Waals surface area contributed by atoms with Crippen LogP contribution in [0, 0.1) is 0 Å². The Hall–Kier alpha value is -3.40. The summed E-state index contributed by atoms with van der Waals surface area (Å²) < 4.78 is 0. The predicted molar refractivity (Wildman–Crippen MR) is 152 cm³/mol. The molecule has 0 heterocycles. The van der Waals surface area contributed by atoms with Gasteiger partial charge < -0.3 is 10.6 Å². The summed E-state index contributed by atoms with van der Waals surface area (Å²) >= 11 is 0. The van der Waals surface area contributed by atoms with Gasteiger partial charge in [-0.1, -0.05) is 104 Å². The summed E-state index contributed by atoms with van der Waals surface area (Å²) in [4.78, 5) is 27.2. The van der Waals surface area contributed by atoms with Crippen molar-refractivity contribution in [3.05, 3.63) is 94.0 Å². The molecule has 0 radical (unpaired) electrons. The van der Waals surface area contributed by atoms with E-state index >= 15 is 0 Å². The van der Waals surface area contributed by atoms with E-state index in [-0.39, 0.29) is 35.5 Å². The highest BCUT2D eigenvalue weighted by Crippen LogP contribution is 2.34. The van der Waals surface area contributed by atoms with Gasteiger partial charge >= 0.3 is 0 Å². The highest BCUT2D eigenvalue weighted by atomic mass is 16.2. The van der Waals surface area contributed by atoms with Gasteiger partial charge in [-0.15, -0.1) is 0 Å². The van der Waals surface area contributed by atoms with Crippen LogP contribution < -0.4 is 10.6 Å². The maximum atomic E-state index is 13.6. The average Bonchev–Trinajstić information content (AvgIpc) is 2.83. The molecular formula is C32H40N2O2. The predicted octanol–water partition coefficient (Wildman–Crippen LogP) is 8.68. The smallest absolute Gasteiger partial charge is 0.256 e. The molecule has 3 aromatic rings. The quantitative estimate of drug-likeness (QED) is 0.336. The molecule has 0 saturated carbocycles. The lowest BCUT2D eigenvalue weighted by atomic mass is 9.92. The third-order valence-corrected chi connectivity index (χ3v) is 6.64. The third-order valence-electron chi connectivity index (χ3n) is 6.64. The van der Waals surface area contributed by atoms with E-state index in [9.17, 15) is 9.59 Å². The number of hydrogen-bond acceptors (Lipinski definition) is 2. The van der Waals surface area contributed by atoms with E-state index in [0.717, 1.165) is 33.6 Å². The first-order valence-electron chi connectivity index (χ1n) is 13.0. The van der Waals surface area contributed by atoms with Gasteiger partial charge in [0.05, 0.1) is 11.1 Å². The standard InChI is InChI=1S/C32H40N2O2/c1-19(2)23-15-11-16-24(20(3)4)29(23)33-31(35)27-13-9-10-14-28(27)32(36)34-30-25(21(5)6)17-12-18-26(30)22(7)8/h9-22H,1-8H3,(H,33,35)(H,34,36). The van der Waals surface area contributed by atoms with Gasteiger partial charge in [0.15, 0.2) is 0 Å². The minimum absolute atomic E-state index is 0.250. The largest absolute Gasteiger partial charge is 0.321 e. The molecule has 0 bridgehead atoms. The normalized spacial score (nSPS) is 11.4. The van der Waals surface area contributed by atoms with E-state index in [1.54, 1.807) is 24.3 Å². The maximum absolute atomic E-state index is 13.6. The van der Waals surface area contributed by atoms with Crippen molar-refractivity contribution < 1.29 is 9.59 Å². The molecule has 36 heavy (non-hydrogen) atoms. The summed E-state index contributed by atoms with van der Waals surface area (Å²) in [7, 11) is 0. The van der Waals surface area contributed by atoms with Gasteiger partial charge in [0.25, 0.3) is 11.8 Å². The molecule has 0 aliphatic carbocycles. The van der Waals surface area contributed by atoms with E-state index in [1.165, 1.54) is 0 Å². The Labute approximate surface area is 216 Å². The van der Waals surface area contributed by atoms with Gasteiger partial charge in [-0.2, -0.15) is 0 Å². The van der Waals surface area contributed by atoms with E-state index in [1.807, 2.05) is 12.1 Å². The third kappa shape index (κ3) is 5.87. The number of anilines is 2. The maximum Gasteiger partial charge on any atom is 0.256 e. The van der Waals surface area contributed by atoms with Gasteiger partial charge in [-0.3, -0.25) is 9.59 Å². The van der Waals surface area contributed by atoms with Crippen molar-refractivity contribution in [1.82, 2.24) is 0 Å². The van der Waals surface area contributed by atoms with Crippen molar-refractivity contribution in [2.24, 2.45) is 0 Å². The Bertz CT molecular complexity index is 1090. The lowest BCUT2D eigenvalue weighted by Gasteiger charge is -2.22. The van der Waals surface area contributed by atoms with E-state index in [0.29, 0.717) is 11.1 Å². The molecule has 0 aromatic heterocycles. The van der Waals surface area contributed by atoms with Crippen LogP contribution in [-0.2, 0) is 0 Å². The zero-order valence-electron chi connectivity index (χ0n) is 22.9. The Kier molecular flexibility index (Phi) is 8.73. The fourth-order valence-electron chi connectivity index (χ4n) is 4.63. The molecule has 0 aliphatic heterocycles. The van der Waals surface area contributed by atoms with E-state index < -0.39 is 0 Å². The molecule has 0 saturated heterocycles. The molecular weight excluding hydrogens is 444 g/mol. The van der Waals surface area contributed by atoms with Crippen molar-refractivity contribution in [3.63, 3.8) is 0 Å². The number of carbonyl (C=O) groups excluding carboxylic acids is 2. The molecule has 0 spiro atoms. The van der Waals surface area contributed by atoms with Crippen LogP contribution in [0.15, 0.2) is 60.7 Å². The van der Waals surface area contributed by atoms with Crippen molar-refractivity contribution in [1.29, 1.82) is 0 Å². The van der Waals surface area contributed by atoms with Crippen LogP contribution in [0.1, 0.15) is 122 Å². The zero-order valence-corrected chi connectivity index (χ0v) is 22.9. The fourth-order valence-corrected chi connectivity index (χ4v) is 4.63. The molecule has 2 N–H and O–H groups in total. The van der Waals surface area contributed by atoms with Crippen molar-refractivity contribution in [2.75, 3.05) is 10.6 Å². The molecule has 3 rings (SSSR count). The van der Waals surface area contributed by atoms with Crippen molar-refractivity contribution >= 4 is 23.2 Å². The number of rotatable bonds is 8. The SMILES string of the molecule is CC(C)c1cccc(C(C)C)c1NC(=O)c1ccccc1C(=O)Nc1c(C(C)C)cccc1C(C)C. The van der Waals surface area contributed by atoms with Gasteiger partial charge in [-0.25, -0.2) is 0 Å². The first kappa shape index (κ1) is 27.2. The summed E-state index contributed by atoms with van der Waals surface area (Å²) in [5.74, 6) is 0.437. The van der Waals surface area contributed by atoms with Gasteiger partial charge in [-0.05, 0) is 58.1 Å². The molecule has 4 nitrogen and oxygen atoms in total. The van der Waals surface area contributed by atoms with E-state index in [4.69, 9.17) is 0 Å². The lowest BCUT2D eigenvalue weighted by Crippen LogP contribution is -2.22. The van der Waals surface area contributed by atoms with Crippen LogP contribution >= 0.6 is 0 Å². The second kappa shape index (κ2) is 11.6. The molecule has 0 unspecified atom stereocenters. The van der Waals surface area contributed by atoms with Crippen molar-refractivity contribution in [3.8, 4) is 0 Å². The number of nitrogens with one attached hydrogen (secondary N) is 2. The highest BCUT2D eigenvalue weighted by Gasteiger charge is 2.22. The molecule has 190 valence electrons.